The van der Waals surface area contributed by atoms with Crippen LogP contribution in [0.3, 0.4) is 0 Å². The first-order chi connectivity index (χ1) is 7.42. The first-order valence-electron chi connectivity index (χ1n) is 4.74. The number of fused-ring (bicyclic) bond motifs is 1. The third kappa shape index (κ3) is 2.31. The highest BCUT2D eigenvalue weighted by atomic mass is 16.5. The minimum atomic E-state index is 0.478. The molecule has 0 aliphatic heterocycles. The number of ether oxygens (including phenoxy) is 2. The van der Waals surface area contributed by atoms with Gasteiger partial charge < -0.3 is 14.0 Å². The summed E-state index contributed by atoms with van der Waals surface area (Å²) in [4.78, 5) is 8.29. The number of hydrogen-bond donors (Lipinski definition) is 0. The van der Waals surface area contributed by atoms with Crippen molar-refractivity contribution in [3.05, 3.63) is 24.7 Å². The van der Waals surface area contributed by atoms with E-state index >= 15 is 0 Å². The van der Waals surface area contributed by atoms with Gasteiger partial charge in [0.2, 0.25) is 0 Å². The Bertz CT molecular complexity index is 427. The lowest BCUT2D eigenvalue weighted by Gasteiger charge is -2.04. The fraction of sp³-hybridized carbons (Fsp3) is 0.400. The second kappa shape index (κ2) is 4.86. The number of methoxy groups -OCH3 is 1. The minimum absolute atomic E-state index is 0.478. The molecule has 0 spiro atoms. The van der Waals surface area contributed by atoms with Crippen LogP contribution in [-0.2, 0) is 16.2 Å². The molecule has 0 radical (unpaired) electrons. The highest BCUT2D eigenvalue weighted by Crippen LogP contribution is 2.08. The van der Waals surface area contributed by atoms with Gasteiger partial charge in [-0.2, -0.15) is 0 Å². The standard InChI is InChI=1S/C10H13N3O2/c1-14-5-6-15-8-13-7-12-10-9(13)3-2-4-11-10/h2-4,7H,5-6,8H2,1H3. The van der Waals surface area contributed by atoms with E-state index in [1.54, 1.807) is 19.6 Å². The molecule has 0 unspecified atom stereocenters. The van der Waals surface area contributed by atoms with Crippen molar-refractivity contribution in [2.75, 3.05) is 20.3 Å². The van der Waals surface area contributed by atoms with Crippen molar-refractivity contribution in [3.63, 3.8) is 0 Å². The molecule has 80 valence electrons. The molecule has 0 amide bonds. The van der Waals surface area contributed by atoms with Crippen molar-refractivity contribution in [2.24, 2.45) is 0 Å². The SMILES string of the molecule is COCCOCn1cnc2ncccc21. The van der Waals surface area contributed by atoms with Gasteiger partial charge in [0, 0.05) is 13.3 Å². The second-order valence-corrected chi connectivity index (χ2v) is 3.09. The fourth-order valence-electron chi connectivity index (χ4n) is 1.31. The zero-order chi connectivity index (χ0) is 10.5. The van der Waals surface area contributed by atoms with Crippen molar-refractivity contribution in [1.29, 1.82) is 0 Å². The Morgan fingerprint density at radius 3 is 3.13 bits per heavy atom. The number of imidazole rings is 1. The molecular formula is C10H13N3O2. The normalized spacial score (nSPS) is 11.0. The molecule has 0 atom stereocenters. The average molecular weight is 207 g/mol. The van der Waals surface area contributed by atoms with Crippen molar-refractivity contribution in [3.8, 4) is 0 Å². The van der Waals surface area contributed by atoms with Crippen LogP contribution in [0.2, 0.25) is 0 Å². The molecule has 0 bridgehead atoms. The molecule has 0 aliphatic carbocycles. The van der Waals surface area contributed by atoms with Crippen molar-refractivity contribution >= 4 is 11.2 Å². The Morgan fingerprint density at radius 1 is 1.33 bits per heavy atom. The van der Waals surface area contributed by atoms with E-state index < -0.39 is 0 Å². The highest BCUT2D eigenvalue weighted by Gasteiger charge is 2.01. The summed E-state index contributed by atoms with van der Waals surface area (Å²) in [5.41, 5.74) is 1.72. The third-order valence-corrected chi connectivity index (χ3v) is 2.06. The summed E-state index contributed by atoms with van der Waals surface area (Å²) < 4.78 is 12.2. The lowest BCUT2D eigenvalue weighted by molar-refractivity contribution is 0.0358. The maximum absolute atomic E-state index is 5.40. The molecule has 0 fully saturated rings. The van der Waals surface area contributed by atoms with Crippen LogP contribution in [-0.4, -0.2) is 34.9 Å². The summed E-state index contributed by atoms with van der Waals surface area (Å²) in [5, 5.41) is 0. The van der Waals surface area contributed by atoms with E-state index in [4.69, 9.17) is 9.47 Å². The molecule has 2 rings (SSSR count). The average Bonchev–Trinajstić information content (AvgIpc) is 2.68. The second-order valence-electron chi connectivity index (χ2n) is 3.09. The molecule has 5 nitrogen and oxygen atoms in total. The molecule has 5 heteroatoms. The van der Waals surface area contributed by atoms with Crippen LogP contribution in [0.25, 0.3) is 11.2 Å². The Morgan fingerprint density at radius 2 is 2.27 bits per heavy atom. The lowest BCUT2D eigenvalue weighted by atomic mass is 10.4. The van der Waals surface area contributed by atoms with Crippen LogP contribution in [0.1, 0.15) is 0 Å². The summed E-state index contributed by atoms with van der Waals surface area (Å²) >= 11 is 0. The van der Waals surface area contributed by atoms with E-state index in [0.717, 1.165) is 11.2 Å². The van der Waals surface area contributed by atoms with Gasteiger partial charge >= 0.3 is 0 Å². The molecule has 0 saturated carbocycles. The number of hydrogen-bond acceptors (Lipinski definition) is 4. The van der Waals surface area contributed by atoms with E-state index in [1.165, 1.54) is 0 Å². The molecule has 15 heavy (non-hydrogen) atoms. The predicted octanol–water partition coefficient (Wildman–Crippen LogP) is 1.05. The summed E-state index contributed by atoms with van der Waals surface area (Å²) in [6.07, 6.45) is 3.45. The van der Waals surface area contributed by atoms with Crippen molar-refractivity contribution < 1.29 is 9.47 Å². The first kappa shape index (κ1) is 10.1. The third-order valence-electron chi connectivity index (χ3n) is 2.06. The topological polar surface area (TPSA) is 49.2 Å². The van der Waals surface area contributed by atoms with E-state index in [1.807, 2.05) is 16.7 Å². The minimum Gasteiger partial charge on any atom is -0.382 e. The van der Waals surface area contributed by atoms with Gasteiger partial charge in [0.05, 0.1) is 25.1 Å². The zero-order valence-electron chi connectivity index (χ0n) is 8.59. The first-order valence-corrected chi connectivity index (χ1v) is 4.74. The monoisotopic (exact) mass is 207 g/mol. The molecule has 2 heterocycles. The van der Waals surface area contributed by atoms with Crippen LogP contribution in [0.4, 0.5) is 0 Å². The number of aromatic nitrogens is 3. The molecule has 0 aliphatic rings. The van der Waals surface area contributed by atoms with Crippen LogP contribution in [0.15, 0.2) is 24.7 Å². The maximum atomic E-state index is 5.40. The smallest absolute Gasteiger partial charge is 0.177 e. The summed E-state index contributed by atoms with van der Waals surface area (Å²) in [6, 6.07) is 3.85. The Kier molecular flexibility index (Phi) is 3.26. The van der Waals surface area contributed by atoms with E-state index in [-0.39, 0.29) is 0 Å². The van der Waals surface area contributed by atoms with Crippen LogP contribution >= 0.6 is 0 Å². The van der Waals surface area contributed by atoms with Gasteiger partial charge in [0.25, 0.3) is 0 Å². The van der Waals surface area contributed by atoms with E-state index in [2.05, 4.69) is 9.97 Å². The molecule has 0 N–H and O–H groups in total. The molecular weight excluding hydrogens is 194 g/mol. The molecule has 2 aromatic rings. The zero-order valence-corrected chi connectivity index (χ0v) is 8.59. The van der Waals surface area contributed by atoms with Gasteiger partial charge in [-0.25, -0.2) is 9.97 Å². The van der Waals surface area contributed by atoms with Gasteiger partial charge in [-0.1, -0.05) is 0 Å². The Hall–Kier alpha value is -1.46. The van der Waals surface area contributed by atoms with Gasteiger partial charge in [-0.15, -0.1) is 0 Å². The van der Waals surface area contributed by atoms with E-state index in [0.29, 0.717) is 19.9 Å². The summed E-state index contributed by atoms with van der Waals surface area (Å²) in [7, 11) is 1.65. The number of nitrogens with zero attached hydrogens (tertiary/aromatic N) is 3. The molecule has 2 aromatic heterocycles. The summed E-state index contributed by atoms with van der Waals surface area (Å²) in [5.74, 6) is 0. The quantitative estimate of drug-likeness (QED) is 0.688. The largest absolute Gasteiger partial charge is 0.382 e. The van der Waals surface area contributed by atoms with Gasteiger partial charge in [0.1, 0.15) is 6.73 Å². The Labute approximate surface area is 87.7 Å². The molecule has 0 saturated heterocycles. The number of pyridine rings is 1. The maximum Gasteiger partial charge on any atom is 0.177 e. The van der Waals surface area contributed by atoms with Crippen LogP contribution in [0.5, 0.6) is 0 Å². The van der Waals surface area contributed by atoms with Crippen LogP contribution < -0.4 is 0 Å². The molecule has 0 aromatic carbocycles. The van der Waals surface area contributed by atoms with E-state index in [9.17, 15) is 0 Å². The van der Waals surface area contributed by atoms with Gasteiger partial charge in [0.15, 0.2) is 5.65 Å². The predicted molar refractivity (Wildman–Crippen MR) is 55.4 cm³/mol. The van der Waals surface area contributed by atoms with Crippen LogP contribution in [0, 0.1) is 0 Å². The van der Waals surface area contributed by atoms with Crippen molar-refractivity contribution in [2.45, 2.75) is 6.73 Å². The highest BCUT2D eigenvalue weighted by molar-refractivity contribution is 5.69. The lowest BCUT2D eigenvalue weighted by Crippen LogP contribution is -2.06. The number of rotatable bonds is 5. The Balaban J connectivity index is 2.02. The van der Waals surface area contributed by atoms with Gasteiger partial charge in [-0.3, -0.25) is 0 Å². The summed E-state index contributed by atoms with van der Waals surface area (Å²) in [6.45, 7) is 1.66. The van der Waals surface area contributed by atoms with Crippen molar-refractivity contribution in [1.82, 2.24) is 14.5 Å². The fourth-order valence-corrected chi connectivity index (χ4v) is 1.31. The van der Waals surface area contributed by atoms with Gasteiger partial charge in [-0.05, 0) is 12.1 Å².